The van der Waals surface area contributed by atoms with Gasteiger partial charge in [-0.05, 0) is 47.5 Å². The van der Waals surface area contributed by atoms with E-state index in [0.717, 1.165) is 22.6 Å². The van der Waals surface area contributed by atoms with Crippen LogP contribution in [0.1, 0.15) is 37.4 Å². The van der Waals surface area contributed by atoms with Gasteiger partial charge in [0.25, 0.3) is 11.8 Å². The van der Waals surface area contributed by atoms with Crippen LogP contribution in [0.4, 0.5) is 23.2 Å². The predicted molar refractivity (Wildman–Crippen MR) is 126 cm³/mol. The number of carbonyl (C=O) groups is 2. The molecule has 0 radical (unpaired) electrons. The van der Waals surface area contributed by atoms with Gasteiger partial charge in [-0.3, -0.25) is 19.4 Å². The van der Waals surface area contributed by atoms with E-state index in [1.807, 2.05) is 12.1 Å². The average Bonchev–Trinajstić information content (AvgIpc) is 3.09. The second-order valence-electron chi connectivity index (χ2n) is 8.98. The second kappa shape index (κ2) is 9.39. The number of nitrogens with zero attached hydrogens (tertiary/aromatic N) is 3. The first-order valence-corrected chi connectivity index (χ1v) is 11.6. The highest BCUT2D eigenvalue weighted by molar-refractivity contribution is 6.23. The Labute approximate surface area is 205 Å². The van der Waals surface area contributed by atoms with E-state index < -0.39 is 23.6 Å². The monoisotopic (exact) mass is 497 g/mol. The fourth-order valence-electron chi connectivity index (χ4n) is 4.74. The second-order valence-corrected chi connectivity index (χ2v) is 8.98. The van der Waals surface area contributed by atoms with E-state index in [4.69, 9.17) is 0 Å². The molecule has 3 aromatic rings. The quantitative estimate of drug-likeness (QED) is 0.369. The van der Waals surface area contributed by atoms with Crippen molar-refractivity contribution in [2.45, 2.75) is 19.3 Å². The third kappa shape index (κ3) is 4.70. The predicted octanol–water partition coefficient (Wildman–Crippen LogP) is 4.96. The number of halogens is 4. The molecule has 2 aliphatic rings. The lowest BCUT2D eigenvalue weighted by Gasteiger charge is -2.36. The highest BCUT2D eigenvalue weighted by Crippen LogP contribution is 2.34. The van der Waals surface area contributed by atoms with Crippen molar-refractivity contribution in [1.82, 2.24) is 9.80 Å². The van der Waals surface area contributed by atoms with Gasteiger partial charge in [0.1, 0.15) is 5.82 Å². The SMILES string of the molecule is O=C1c2cccc(N3CCN(Cc4cccc(F)c4)CC3)c2C(=O)N1Cc1ccc(C(F)(F)F)cc1. The molecule has 2 heterocycles. The lowest BCUT2D eigenvalue weighted by atomic mass is 10.1. The largest absolute Gasteiger partial charge is 0.416 e. The van der Waals surface area contributed by atoms with Crippen LogP contribution in [-0.4, -0.2) is 47.8 Å². The fraction of sp³-hybridized carbons (Fsp3) is 0.259. The van der Waals surface area contributed by atoms with Crippen molar-refractivity contribution >= 4 is 17.5 Å². The summed E-state index contributed by atoms with van der Waals surface area (Å²) in [5, 5.41) is 0. The minimum Gasteiger partial charge on any atom is -0.368 e. The molecule has 1 fully saturated rings. The van der Waals surface area contributed by atoms with Crippen LogP contribution in [0.5, 0.6) is 0 Å². The maximum Gasteiger partial charge on any atom is 0.416 e. The summed E-state index contributed by atoms with van der Waals surface area (Å²) in [6.07, 6.45) is -4.45. The zero-order valence-electron chi connectivity index (χ0n) is 19.3. The Morgan fingerprint density at radius 3 is 2.11 bits per heavy atom. The van der Waals surface area contributed by atoms with Crippen molar-refractivity contribution < 1.29 is 27.2 Å². The smallest absolute Gasteiger partial charge is 0.368 e. The minimum atomic E-state index is -4.45. The van der Waals surface area contributed by atoms with Crippen molar-refractivity contribution in [3.05, 3.63) is 100 Å². The van der Waals surface area contributed by atoms with E-state index in [1.165, 1.54) is 24.3 Å². The van der Waals surface area contributed by atoms with E-state index in [0.29, 0.717) is 55.1 Å². The van der Waals surface area contributed by atoms with Gasteiger partial charge in [0.2, 0.25) is 0 Å². The van der Waals surface area contributed by atoms with Crippen LogP contribution < -0.4 is 4.90 Å². The number of anilines is 1. The summed E-state index contributed by atoms with van der Waals surface area (Å²) in [4.78, 5) is 31.7. The van der Waals surface area contributed by atoms with Gasteiger partial charge in [-0.15, -0.1) is 0 Å². The maximum atomic E-state index is 13.5. The standard InChI is InChI=1S/C27H23F4N3O2/c28-21-4-1-3-19(15-21)16-32-11-13-33(14-12-32)23-6-2-5-22-24(23)26(36)34(25(22)35)17-18-7-9-20(10-8-18)27(29,30)31/h1-10,15H,11-14,16-17H2. The van der Waals surface area contributed by atoms with Gasteiger partial charge in [-0.2, -0.15) is 13.2 Å². The van der Waals surface area contributed by atoms with Gasteiger partial charge in [0, 0.05) is 32.7 Å². The number of carbonyl (C=O) groups excluding carboxylic acids is 2. The minimum absolute atomic E-state index is 0.106. The molecule has 0 atom stereocenters. The highest BCUT2D eigenvalue weighted by Gasteiger charge is 2.39. The molecular weight excluding hydrogens is 474 g/mol. The molecule has 0 saturated carbocycles. The van der Waals surface area contributed by atoms with Crippen LogP contribution in [0, 0.1) is 5.82 Å². The number of amides is 2. The summed E-state index contributed by atoms with van der Waals surface area (Å²) >= 11 is 0. The molecule has 0 aliphatic carbocycles. The molecule has 36 heavy (non-hydrogen) atoms. The Morgan fingerprint density at radius 2 is 1.44 bits per heavy atom. The summed E-state index contributed by atoms with van der Waals surface area (Å²) in [6, 6.07) is 16.1. The van der Waals surface area contributed by atoms with Gasteiger partial charge in [-0.25, -0.2) is 4.39 Å². The molecule has 0 aromatic heterocycles. The Balaban J connectivity index is 1.29. The Hall–Kier alpha value is -3.72. The average molecular weight is 497 g/mol. The third-order valence-corrected chi connectivity index (χ3v) is 6.61. The van der Waals surface area contributed by atoms with Crippen molar-refractivity contribution in [3.63, 3.8) is 0 Å². The molecule has 0 unspecified atom stereocenters. The molecule has 0 N–H and O–H groups in total. The molecule has 9 heteroatoms. The number of benzene rings is 3. The molecule has 2 aliphatic heterocycles. The lowest BCUT2D eigenvalue weighted by molar-refractivity contribution is -0.137. The number of hydrogen-bond donors (Lipinski definition) is 0. The van der Waals surface area contributed by atoms with E-state index in [-0.39, 0.29) is 12.4 Å². The highest BCUT2D eigenvalue weighted by atomic mass is 19.4. The molecule has 5 nitrogen and oxygen atoms in total. The topological polar surface area (TPSA) is 43.9 Å². The maximum absolute atomic E-state index is 13.5. The van der Waals surface area contributed by atoms with Crippen LogP contribution in [0.3, 0.4) is 0 Å². The molecule has 1 saturated heterocycles. The van der Waals surface area contributed by atoms with E-state index in [9.17, 15) is 27.2 Å². The van der Waals surface area contributed by atoms with Crippen LogP contribution >= 0.6 is 0 Å². The van der Waals surface area contributed by atoms with Gasteiger partial charge < -0.3 is 4.90 Å². The van der Waals surface area contributed by atoms with Crippen molar-refractivity contribution in [2.75, 3.05) is 31.1 Å². The first-order chi connectivity index (χ1) is 17.2. The van der Waals surface area contributed by atoms with Crippen LogP contribution in [-0.2, 0) is 19.3 Å². The zero-order chi connectivity index (χ0) is 25.4. The fourth-order valence-corrected chi connectivity index (χ4v) is 4.74. The third-order valence-electron chi connectivity index (χ3n) is 6.61. The molecule has 3 aromatic carbocycles. The van der Waals surface area contributed by atoms with Crippen molar-refractivity contribution in [1.29, 1.82) is 0 Å². The first-order valence-electron chi connectivity index (χ1n) is 11.6. The first kappa shape index (κ1) is 24.0. The zero-order valence-corrected chi connectivity index (χ0v) is 19.3. The van der Waals surface area contributed by atoms with Gasteiger partial charge in [-0.1, -0.05) is 30.3 Å². The Kier molecular flexibility index (Phi) is 6.26. The molecule has 186 valence electrons. The van der Waals surface area contributed by atoms with Crippen LogP contribution in [0.25, 0.3) is 0 Å². The summed E-state index contributed by atoms with van der Waals surface area (Å²) in [5.74, 6) is -1.18. The summed E-state index contributed by atoms with van der Waals surface area (Å²) in [5.41, 5.74) is 1.84. The number of imide groups is 1. The van der Waals surface area contributed by atoms with Crippen LogP contribution in [0.15, 0.2) is 66.7 Å². The van der Waals surface area contributed by atoms with E-state index in [1.54, 1.807) is 18.2 Å². The Bertz CT molecular complexity index is 1300. The molecule has 0 spiro atoms. The number of piperazine rings is 1. The van der Waals surface area contributed by atoms with Crippen molar-refractivity contribution in [2.24, 2.45) is 0 Å². The lowest BCUT2D eigenvalue weighted by Crippen LogP contribution is -2.46. The van der Waals surface area contributed by atoms with Crippen molar-refractivity contribution in [3.8, 4) is 0 Å². The normalized spacial score (nSPS) is 16.6. The summed E-state index contributed by atoms with van der Waals surface area (Å²) in [6.45, 7) is 3.19. The number of hydrogen-bond acceptors (Lipinski definition) is 4. The summed E-state index contributed by atoms with van der Waals surface area (Å²) in [7, 11) is 0. The molecule has 2 amide bonds. The summed E-state index contributed by atoms with van der Waals surface area (Å²) < 4.78 is 52.1. The van der Waals surface area contributed by atoms with E-state index in [2.05, 4.69) is 9.80 Å². The number of rotatable bonds is 5. The number of alkyl halides is 3. The Morgan fingerprint density at radius 1 is 0.750 bits per heavy atom. The van der Waals surface area contributed by atoms with Crippen LogP contribution in [0.2, 0.25) is 0 Å². The van der Waals surface area contributed by atoms with Gasteiger partial charge >= 0.3 is 6.18 Å². The molecular formula is C27H23F4N3O2. The van der Waals surface area contributed by atoms with Gasteiger partial charge in [0.15, 0.2) is 0 Å². The van der Waals surface area contributed by atoms with Gasteiger partial charge in [0.05, 0.1) is 28.9 Å². The molecule has 0 bridgehead atoms. The number of fused-ring (bicyclic) bond motifs is 1. The molecule has 5 rings (SSSR count). The van der Waals surface area contributed by atoms with E-state index >= 15 is 0 Å².